The minimum absolute atomic E-state index is 0.0729. The van der Waals surface area contributed by atoms with Gasteiger partial charge < -0.3 is 0 Å². The standard InChI is InChI=1S/C12H12BrFN2S/c13-9-5-11(17-7-9)6-12(16-15)8-2-1-3-10(14)4-8/h1-5,7,12,16H,6,15H2. The second kappa shape index (κ2) is 5.73. The minimum Gasteiger partial charge on any atom is -0.271 e. The van der Waals surface area contributed by atoms with Crippen molar-refractivity contribution in [2.24, 2.45) is 5.84 Å². The van der Waals surface area contributed by atoms with E-state index < -0.39 is 0 Å². The van der Waals surface area contributed by atoms with E-state index in [1.54, 1.807) is 17.4 Å². The molecular weight excluding hydrogens is 303 g/mol. The predicted octanol–water partition coefficient (Wildman–Crippen LogP) is 3.40. The summed E-state index contributed by atoms with van der Waals surface area (Å²) in [5, 5.41) is 2.02. The first-order valence-electron chi connectivity index (χ1n) is 5.13. The van der Waals surface area contributed by atoms with Crippen molar-refractivity contribution in [2.75, 3.05) is 0 Å². The summed E-state index contributed by atoms with van der Waals surface area (Å²) in [4.78, 5) is 1.20. The van der Waals surface area contributed by atoms with E-state index in [1.165, 1.54) is 17.0 Å². The number of hydrogen-bond acceptors (Lipinski definition) is 3. The molecule has 1 unspecified atom stereocenters. The third-order valence-corrected chi connectivity index (χ3v) is 4.20. The fraction of sp³-hybridized carbons (Fsp3) is 0.167. The third kappa shape index (κ3) is 3.35. The first-order chi connectivity index (χ1) is 8.19. The molecule has 1 aromatic carbocycles. The smallest absolute Gasteiger partial charge is 0.123 e. The lowest BCUT2D eigenvalue weighted by atomic mass is 10.0. The van der Waals surface area contributed by atoms with Crippen molar-refractivity contribution < 1.29 is 4.39 Å². The van der Waals surface area contributed by atoms with Crippen LogP contribution in [0.2, 0.25) is 0 Å². The fourth-order valence-electron chi connectivity index (χ4n) is 1.66. The van der Waals surface area contributed by atoms with Gasteiger partial charge in [0.2, 0.25) is 0 Å². The SMILES string of the molecule is NNC(Cc1cc(Br)cs1)c1cccc(F)c1. The Bertz CT molecular complexity index is 501. The zero-order valence-electron chi connectivity index (χ0n) is 8.99. The van der Waals surface area contributed by atoms with Gasteiger partial charge in [-0.3, -0.25) is 11.3 Å². The Morgan fingerprint density at radius 3 is 2.82 bits per heavy atom. The van der Waals surface area contributed by atoms with Gasteiger partial charge in [0.1, 0.15) is 5.82 Å². The summed E-state index contributed by atoms with van der Waals surface area (Å²) < 4.78 is 14.2. The summed E-state index contributed by atoms with van der Waals surface area (Å²) in [6.45, 7) is 0. The number of halogens is 2. The number of nitrogens with two attached hydrogens (primary N) is 1. The van der Waals surface area contributed by atoms with Crippen molar-refractivity contribution in [1.82, 2.24) is 5.43 Å². The van der Waals surface area contributed by atoms with Gasteiger partial charge in [0.05, 0.1) is 6.04 Å². The van der Waals surface area contributed by atoms with Crippen LogP contribution < -0.4 is 11.3 Å². The molecule has 2 rings (SSSR count). The summed E-state index contributed by atoms with van der Waals surface area (Å²) >= 11 is 5.07. The molecule has 0 saturated heterocycles. The highest BCUT2D eigenvalue weighted by Crippen LogP contribution is 2.25. The lowest BCUT2D eigenvalue weighted by molar-refractivity contribution is 0.547. The molecule has 90 valence electrons. The molecule has 1 heterocycles. The molecule has 0 aliphatic carbocycles. The van der Waals surface area contributed by atoms with Crippen molar-refractivity contribution in [3.8, 4) is 0 Å². The molecule has 0 aliphatic heterocycles. The normalized spacial score (nSPS) is 12.6. The number of benzene rings is 1. The van der Waals surface area contributed by atoms with Crippen molar-refractivity contribution in [2.45, 2.75) is 12.5 Å². The average molecular weight is 315 g/mol. The summed E-state index contributed by atoms with van der Waals surface area (Å²) in [7, 11) is 0. The topological polar surface area (TPSA) is 38.0 Å². The van der Waals surface area contributed by atoms with Crippen LogP contribution in [0.5, 0.6) is 0 Å². The number of hydrazine groups is 1. The molecule has 1 atom stereocenters. The molecule has 0 fully saturated rings. The maximum absolute atomic E-state index is 13.1. The molecule has 0 bridgehead atoms. The van der Waals surface area contributed by atoms with Gasteiger partial charge in [-0.1, -0.05) is 12.1 Å². The Hall–Kier alpha value is -0.750. The van der Waals surface area contributed by atoms with Crippen LogP contribution in [0.15, 0.2) is 40.2 Å². The molecule has 2 nitrogen and oxygen atoms in total. The quantitative estimate of drug-likeness (QED) is 0.670. The van der Waals surface area contributed by atoms with Crippen molar-refractivity contribution in [1.29, 1.82) is 0 Å². The second-order valence-corrected chi connectivity index (χ2v) is 5.62. The van der Waals surface area contributed by atoms with E-state index in [0.717, 1.165) is 16.5 Å². The van der Waals surface area contributed by atoms with Crippen molar-refractivity contribution in [3.63, 3.8) is 0 Å². The largest absolute Gasteiger partial charge is 0.271 e. The second-order valence-electron chi connectivity index (χ2n) is 3.71. The van der Waals surface area contributed by atoms with Crippen LogP contribution in [0.1, 0.15) is 16.5 Å². The molecule has 0 radical (unpaired) electrons. The monoisotopic (exact) mass is 314 g/mol. The van der Waals surface area contributed by atoms with Crippen LogP contribution in [-0.2, 0) is 6.42 Å². The van der Waals surface area contributed by atoms with Gasteiger partial charge in [0.25, 0.3) is 0 Å². The summed E-state index contributed by atoms with van der Waals surface area (Å²) in [6.07, 6.45) is 0.746. The maximum atomic E-state index is 13.1. The first-order valence-corrected chi connectivity index (χ1v) is 6.81. The van der Waals surface area contributed by atoms with Crippen molar-refractivity contribution >= 4 is 27.3 Å². The Balaban J connectivity index is 2.16. The number of thiophene rings is 1. The van der Waals surface area contributed by atoms with Gasteiger partial charge in [-0.2, -0.15) is 0 Å². The van der Waals surface area contributed by atoms with Gasteiger partial charge in [-0.05, 0) is 39.7 Å². The molecule has 1 aromatic heterocycles. The molecule has 0 amide bonds. The van der Waals surface area contributed by atoms with Gasteiger partial charge in [0.15, 0.2) is 0 Å². The Morgan fingerprint density at radius 1 is 1.41 bits per heavy atom. The molecule has 0 saturated carbocycles. The molecule has 17 heavy (non-hydrogen) atoms. The van der Waals surface area contributed by atoms with Gasteiger partial charge in [-0.15, -0.1) is 11.3 Å². The van der Waals surface area contributed by atoms with E-state index >= 15 is 0 Å². The van der Waals surface area contributed by atoms with E-state index in [2.05, 4.69) is 21.4 Å². The van der Waals surface area contributed by atoms with Crippen LogP contribution in [0.4, 0.5) is 4.39 Å². The predicted molar refractivity (Wildman–Crippen MR) is 72.2 cm³/mol. The molecular formula is C12H12BrFN2S. The van der Waals surface area contributed by atoms with Crippen LogP contribution in [0, 0.1) is 5.82 Å². The highest BCUT2D eigenvalue weighted by Gasteiger charge is 2.12. The molecule has 0 spiro atoms. The Kier molecular flexibility index (Phi) is 4.28. The van der Waals surface area contributed by atoms with Crippen molar-refractivity contribution in [3.05, 3.63) is 56.4 Å². The molecule has 2 aromatic rings. The summed E-state index contributed by atoms with van der Waals surface area (Å²) in [5.41, 5.74) is 3.59. The highest BCUT2D eigenvalue weighted by atomic mass is 79.9. The third-order valence-electron chi connectivity index (χ3n) is 2.48. The van der Waals surface area contributed by atoms with E-state index in [4.69, 9.17) is 5.84 Å². The minimum atomic E-state index is -0.241. The maximum Gasteiger partial charge on any atom is 0.123 e. The molecule has 5 heteroatoms. The Labute approximate surface area is 112 Å². The summed E-state index contributed by atoms with van der Waals surface area (Å²) in [5.74, 6) is 5.29. The van der Waals surface area contributed by atoms with Crippen LogP contribution >= 0.6 is 27.3 Å². The summed E-state index contributed by atoms with van der Waals surface area (Å²) in [6, 6.07) is 8.48. The van der Waals surface area contributed by atoms with E-state index in [1.807, 2.05) is 17.5 Å². The molecule has 3 N–H and O–H groups in total. The lowest BCUT2D eigenvalue weighted by Gasteiger charge is -2.15. The Morgan fingerprint density at radius 2 is 2.24 bits per heavy atom. The fourth-order valence-corrected chi connectivity index (χ4v) is 3.16. The first kappa shape index (κ1) is 12.7. The zero-order valence-corrected chi connectivity index (χ0v) is 11.4. The highest BCUT2D eigenvalue weighted by molar-refractivity contribution is 9.10. The van der Waals surface area contributed by atoms with Gasteiger partial charge in [-0.25, -0.2) is 4.39 Å². The lowest BCUT2D eigenvalue weighted by Crippen LogP contribution is -2.29. The van der Waals surface area contributed by atoms with Crippen LogP contribution in [0.3, 0.4) is 0 Å². The van der Waals surface area contributed by atoms with Gasteiger partial charge in [0, 0.05) is 21.2 Å². The van der Waals surface area contributed by atoms with E-state index in [0.29, 0.717) is 0 Å². The number of rotatable bonds is 4. The molecule has 0 aliphatic rings. The van der Waals surface area contributed by atoms with Gasteiger partial charge >= 0.3 is 0 Å². The van der Waals surface area contributed by atoms with Crippen LogP contribution in [-0.4, -0.2) is 0 Å². The van der Waals surface area contributed by atoms with E-state index in [9.17, 15) is 4.39 Å². The number of nitrogens with one attached hydrogen (secondary N) is 1. The number of hydrogen-bond donors (Lipinski definition) is 2. The van der Waals surface area contributed by atoms with Crippen LogP contribution in [0.25, 0.3) is 0 Å². The zero-order chi connectivity index (χ0) is 12.3. The van der Waals surface area contributed by atoms with E-state index in [-0.39, 0.29) is 11.9 Å². The average Bonchev–Trinajstić information content (AvgIpc) is 2.72.